The number of carbonyl (C=O) groups is 1. The molecule has 0 saturated carbocycles. The van der Waals surface area contributed by atoms with Gasteiger partial charge >= 0.3 is 0 Å². The van der Waals surface area contributed by atoms with Gasteiger partial charge in [0.05, 0.1) is 18.8 Å². The Balaban J connectivity index is 1.47. The Labute approximate surface area is 185 Å². The van der Waals surface area contributed by atoms with Crippen molar-refractivity contribution in [2.24, 2.45) is 0 Å². The van der Waals surface area contributed by atoms with Gasteiger partial charge in [-0.15, -0.1) is 0 Å². The van der Waals surface area contributed by atoms with E-state index in [-0.39, 0.29) is 5.91 Å². The molecule has 3 aromatic rings. The van der Waals surface area contributed by atoms with E-state index in [1.165, 1.54) is 5.56 Å². The van der Waals surface area contributed by atoms with Gasteiger partial charge in [-0.25, -0.2) is 0 Å². The predicted molar refractivity (Wildman–Crippen MR) is 126 cm³/mol. The summed E-state index contributed by atoms with van der Waals surface area (Å²) in [6.45, 7) is 3.43. The number of ether oxygens (including phenoxy) is 2. The van der Waals surface area contributed by atoms with E-state index in [0.29, 0.717) is 24.5 Å². The highest BCUT2D eigenvalue weighted by Crippen LogP contribution is 2.22. The van der Waals surface area contributed by atoms with Crippen molar-refractivity contribution in [3.63, 3.8) is 0 Å². The van der Waals surface area contributed by atoms with Gasteiger partial charge in [-0.1, -0.05) is 62.2 Å². The molecule has 1 N–H and O–H groups in total. The minimum atomic E-state index is -0.178. The number of nitrogens with one attached hydrogen (secondary N) is 1. The monoisotopic (exact) mass is 417 g/mol. The van der Waals surface area contributed by atoms with Crippen molar-refractivity contribution in [2.45, 2.75) is 39.0 Å². The number of aryl methyl sites for hydroxylation is 1. The molecular formula is C27H31NO3. The topological polar surface area (TPSA) is 47.6 Å². The molecule has 162 valence electrons. The SMILES string of the molecule is CCCCCOc1ccccc1C(=O)Nc1ccc(OCCCc2ccccc2)cc1. The maximum atomic E-state index is 12.7. The van der Waals surface area contributed by atoms with Crippen molar-refractivity contribution in [3.05, 3.63) is 90.0 Å². The summed E-state index contributed by atoms with van der Waals surface area (Å²) < 4.78 is 11.6. The first-order chi connectivity index (χ1) is 15.3. The lowest BCUT2D eigenvalue weighted by Gasteiger charge is -2.12. The number of para-hydroxylation sites is 1. The van der Waals surface area contributed by atoms with Gasteiger partial charge in [-0.2, -0.15) is 0 Å². The van der Waals surface area contributed by atoms with Crippen LogP contribution in [0.1, 0.15) is 48.5 Å². The van der Waals surface area contributed by atoms with Crippen molar-refractivity contribution in [2.75, 3.05) is 18.5 Å². The van der Waals surface area contributed by atoms with Crippen LogP contribution in [0.3, 0.4) is 0 Å². The lowest BCUT2D eigenvalue weighted by Crippen LogP contribution is -2.14. The summed E-state index contributed by atoms with van der Waals surface area (Å²) >= 11 is 0. The number of anilines is 1. The lowest BCUT2D eigenvalue weighted by atomic mass is 10.1. The van der Waals surface area contributed by atoms with E-state index in [1.807, 2.05) is 48.5 Å². The van der Waals surface area contributed by atoms with Crippen molar-refractivity contribution in [3.8, 4) is 11.5 Å². The van der Waals surface area contributed by atoms with E-state index < -0.39 is 0 Å². The fourth-order valence-electron chi connectivity index (χ4n) is 3.26. The van der Waals surface area contributed by atoms with Crippen LogP contribution >= 0.6 is 0 Å². The molecule has 0 aromatic heterocycles. The van der Waals surface area contributed by atoms with E-state index in [2.05, 4.69) is 36.5 Å². The third kappa shape index (κ3) is 7.49. The van der Waals surface area contributed by atoms with E-state index in [1.54, 1.807) is 6.07 Å². The Morgan fingerprint density at radius 2 is 1.48 bits per heavy atom. The molecule has 4 nitrogen and oxygen atoms in total. The molecule has 0 aliphatic carbocycles. The third-order valence-electron chi connectivity index (χ3n) is 4.97. The average Bonchev–Trinajstić information content (AvgIpc) is 2.81. The van der Waals surface area contributed by atoms with Crippen molar-refractivity contribution < 1.29 is 14.3 Å². The van der Waals surface area contributed by atoms with Crippen molar-refractivity contribution >= 4 is 11.6 Å². The summed E-state index contributed by atoms with van der Waals surface area (Å²) in [6, 6.07) is 25.2. The van der Waals surface area contributed by atoms with Gasteiger partial charge < -0.3 is 14.8 Å². The molecule has 0 saturated heterocycles. The molecule has 31 heavy (non-hydrogen) atoms. The Morgan fingerprint density at radius 1 is 0.774 bits per heavy atom. The minimum absolute atomic E-state index is 0.178. The lowest BCUT2D eigenvalue weighted by molar-refractivity contribution is 0.102. The second-order valence-corrected chi connectivity index (χ2v) is 7.47. The summed E-state index contributed by atoms with van der Waals surface area (Å²) in [5, 5.41) is 2.94. The number of hydrogen-bond donors (Lipinski definition) is 1. The van der Waals surface area contributed by atoms with Crippen LogP contribution in [-0.2, 0) is 6.42 Å². The van der Waals surface area contributed by atoms with Crippen LogP contribution in [0.5, 0.6) is 11.5 Å². The third-order valence-corrected chi connectivity index (χ3v) is 4.97. The highest BCUT2D eigenvalue weighted by Gasteiger charge is 2.12. The normalized spacial score (nSPS) is 10.5. The number of benzene rings is 3. The number of carbonyl (C=O) groups excluding carboxylic acids is 1. The number of rotatable bonds is 12. The molecule has 3 rings (SSSR count). The summed E-state index contributed by atoms with van der Waals surface area (Å²) in [7, 11) is 0. The number of hydrogen-bond acceptors (Lipinski definition) is 3. The van der Waals surface area contributed by atoms with Gasteiger partial charge in [-0.05, 0) is 61.2 Å². The van der Waals surface area contributed by atoms with Crippen molar-refractivity contribution in [1.29, 1.82) is 0 Å². The standard InChI is InChI=1S/C27H31NO3/c1-2-3-9-20-31-26-15-8-7-14-25(26)27(29)28-23-16-18-24(19-17-23)30-21-10-13-22-11-5-4-6-12-22/h4-8,11-12,14-19H,2-3,9-10,13,20-21H2,1H3,(H,28,29). The fraction of sp³-hybridized carbons (Fsp3) is 0.296. The summed E-state index contributed by atoms with van der Waals surface area (Å²) in [4.78, 5) is 12.7. The van der Waals surface area contributed by atoms with Crippen LogP contribution in [0.2, 0.25) is 0 Å². The van der Waals surface area contributed by atoms with Crippen LogP contribution in [0.4, 0.5) is 5.69 Å². The van der Waals surface area contributed by atoms with Gasteiger partial charge in [-0.3, -0.25) is 4.79 Å². The molecule has 0 atom stereocenters. The molecule has 0 radical (unpaired) electrons. The molecule has 0 fully saturated rings. The molecule has 3 aromatic carbocycles. The van der Waals surface area contributed by atoms with Gasteiger partial charge in [0.1, 0.15) is 11.5 Å². The Bertz CT molecular complexity index is 923. The highest BCUT2D eigenvalue weighted by molar-refractivity contribution is 6.06. The second kappa shape index (κ2) is 12.4. The zero-order valence-electron chi connectivity index (χ0n) is 18.2. The molecule has 0 aliphatic heterocycles. The first-order valence-corrected chi connectivity index (χ1v) is 11.1. The van der Waals surface area contributed by atoms with Gasteiger partial charge in [0.25, 0.3) is 5.91 Å². The Hall–Kier alpha value is -3.27. The second-order valence-electron chi connectivity index (χ2n) is 7.47. The molecule has 0 unspecified atom stereocenters. The smallest absolute Gasteiger partial charge is 0.259 e. The molecular weight excluding hydrogens is 386 g/mol. The molecule has 0 spiro atoms. The first-order valence-electron chi connectivity index (χ1n) is 11.1. The van der Waals surface area contributed by atoms with Crippen LogP contribution in [-0.4, -0.2) is 19.1 Å². The van der Waals surface area contributed by atoms with E-state index in [9.17, 15) is 4.79 Å². The van der Waals surface area contributed by atoms with Crippen LogP contribution in [0, 0.1) is 0 Å². The summed E-state index contributed by atoms with van der Waals surface area (Å²) in [5.74, 6) is 1.24. The molecule has 1 amide bonds. The largest absolute Gasteiger partial charge is 0.494 e. The maximum absolute atomic E-state index is 12.7. The van der Waals surface area contributed by atoms with E-state index in [4.69, 9.17) is 9.47 Å². The molecule has 0 bridgehead atoms. The van der Waals surface area contributed by atoms with E-state index in [0.717, 1.165) is 43.5 Å². The fourth-order valence-corrected chi connectivity index (χ4v) is 3.26. The number of unbranched alkanes of at least 4 members (excludes halogenated alkanes) is 2. The van der Waals surface area contributed by atoms with Crippen LogP contribution < -0.4 is 14.8 Å². The van der Waals surface area contributed by atoms with Gasteiger partial charge in [0.2, 0.25) is 0 Å². The summed E-state index contributed by atoms with van der Waals surface area (Å²) in [6.07, 6.45) is 5.19. The average molecular weight is 418 g/mol. The molecule has 4 heteroatoms. The molecule has 0 heterocycles. The Morgan fingerprint density at radius 3 is 2.26 bits per heavy atom. The summed E-state index contributed by atoms with van der Waals surface area (Å²) in [5.41, 5.74) is 2.58. The van der Waals surface area contributed by atoms with Gasteiger partial charge in [0, 0.05) is 5.69 Å². The van der Waals surface area contributed by atoms with Crippen molar-refractivity contribution in [1.82, 2.24) is 0 Å². The predicted octanol–water partition coefficient (Wildman–Crippen LogP) is 6.52. The quantitative estimate of drug-likeness (QED) is 0.341. The molecule has 0 aliphatic rings. The first kappa shape index (κ1) is 22.4. The number of amides is 1. The van der Waals surface area contributed by atoms with Gasteiger partial charge in [0.15, 0.2) is 0 Å². The maximum Gasteiger partial charge on any atom is 0.259 e. The zero-order valence-corrected chi connectivity index (χ0v) is 18.2. The highest BCUT2D eigenvalue weighted by atomic mass is 16.5. The Kier molecular flexibility index (Phi) is 8.99. The van der Waals surface area contributed by atoms with Crippen LogP contribution in [0.15, 0.2) is 78.9 Å². The van der Waals surface area contributed by atoms with E-state index >= 15 is 0 Å². The minimum Gasteiger partial charge on any atom is -0.494 e. The van der Waals surface area contributed by atoms with Crippen LogP contribution in [0.25, 0.3) is 0 Å². The zero-order chi connectivity index (χ0) is 21.7.